The Morgan fingerprint density at radius 1 is 1.21 bits per heavy atom. The minimum atomic E-state index is -1.20. The molecular weight excluding hydrogens is 372 g/mol. The topological polar surface area (TPSA) is 174 Å². The average molecular weight is 396 g/mol. The Morgan fingerprint density at radius 2 is 1.86 bits per heavy atom. The molecule has 0 bridgehead atoms. The van der Waals surface area contributed by atoms with E-state index >= 15 is 0 Å². The number of nitrogens with two attached hydrogens (primary N) is 1. The number of nitrogens with one attached hydrogen (secondary N) is 2. The molecule has 2 amide bonds. The second-order valence-corrected chi connectivity index (χ2v) is 6.05. The number of ether oxygens (including phenoxy) is 1. The zero-order valence-electron chi connectivity index (χ0n) is 15.4. The van der Waals surface area contributed by atoms with Gasteiger partial charge in [0, 0.05) is 12.1 Å². The van der Waals surface area contributed by atoms with E-state index in [0.29, 0.717) is 24.9 Å². The fraction of sp³-hybridized carbons (Fsp3) is 0.471. The van der Waals surface area contributed by atoms with E-state index in [0.717, 1.165) is 0 Å². The van der Waals surface area contributed by atoms with Crippen LogP contribution in [-0.4, -0.2) is 46.6 Å². The van der Waals surface area contributed by atoms with Gasteiger partial charge in [0.25, 0.3) is 5.69 Å². The predicted octanol–water partition coefficient (Wildman–Crippen LogP) is 0.908. The molecule has 11 nitrogen and oxygen atoms in total. The molecule has 1 aromatic carbocycles. The summed E-state index contributed by atoms with van der Waals surface area (Å²) in [4.78, 5) is 45.2. The molecule has 0 heterocycles. The van der Waals surface area contributed by atoms with Gasteiger partial charge in [0.05, 0.1) is 4.92 Å². The van der Waals surface area contributed by atoms with Crippen molar-refractivity contribution in [3.63, 3.8) is 0 Å². The molecule has 0 unspecified atom stereocenters. The van der Waals surface area contributed by atoms with E-state index in [-0.39, 0.29) is 18.7 Å². The van der Waals surface area contributed by atoms with E-state index in [4.69, 9.17) is 15.6 Å². The highest BCUT2D eigenvalue weighted by Gasteiger charge is 2.24. The van der Waals surface area contributed by atoms with Gasteiger partial charge in [0.1, 0.15) is 18.7 Å². The third kappa shape index (κ3) is 7.99. The van der Waals surface area contributed by atoms with Crippen LogP contribution in [0.2, 0.25) is 0 Å². The van der Waals surface area contributed by atoms with Gasteiger partial charge < -0.3 is 26.2 Å². The molecule has 0 aliphatic heterocycles. The average Bonchev–Trinajstić information content (AvgIpc) is 2.65. The molecule has 5 N–H and O–H groups in total. The number of carbonyl (C=O) groups excluding carboxylic acids is 2. The standard InChI is InChI=1S/C17H24N4O7/c1-11(16(23)24)19-15(22)14(4-2-3-9-18)20-17(25)28-10-12-5-7-13(8-6-12)21(26)27/h5-8,11,14H,2-4,9-10,18H2,1H3,(H,19,22)(H,20,25)(H,23,24)/t11-,14-/m0/s1. The second kappa shape index (κ2) is 11.5. The van der Waals surface area contributed by atoms with Crippen LogP contribution in [0.3, 0.4) is 0 Å². The Morgan fingerprint density at radius 3 is 2.39 bits per heavy atom. The van der Waals surface area contributed by atoms with Crippen molar-refractivity contribution in [2.75, 3.05) is 6.54 Å². The van der Waals surface area contributed by atoms with Crippen LogP contribution in [-0.2, 0) is 20.9 Å². The van der Waals surface area contributed by atoms with Gasteiger partial charge in [-0.15, -0.1) is 0 Å². The number of hydrogen-bond acceptors (Lipinski definition) is 7. The lowest BCUT2D eigenvalue weighted by atomic mass is 10.1. The first-order valence-corrected chi connectivity index (χ1v) is 8.64. The number of non-ortho nitro benzene ring substituents is 1. The largest absolute Gasteiger partial charge is 0.480 e. The number of benzene rings is 1. The number of amides is 2. The normalized spacial score (nSPS) is 12.5. The van der Waals surface area contributed by atoms with Crippen molar-refractivity contribution in [1.82, 2.24) is 10.6 Å². The zero-order chi connectivity index (χ0) is 21.1. The molecule has 0 radical (unpaired) electrons. The van der Waals surface area contributed by atoms with Crippen molar-refractivity contribution < 1.29 is 29.2 Å². The summed E-state index contributed by atoms with van der Waals surface area (Å²) in [5.74, 6) is -1.84. The SMILES string of the molecule is C[C@H](NC(=O)[C@H](CCCCN)NC(=O)OCc1ccc([N+](=O)[O-])cc1)C(=O)O. The van der Waals surface area contributed by atoms with Crippen molar-refractivity contribution in [2.45, 2.75) is 44.9 Å². The summed E-state index contributed by atoms with van der Waals surface area (Å²) in [6.45, 7) is 1.58. The van der Waals surface area contributed by atoms with Gasteiger partial charge in [0.2, 0.25) is 5.91 Å². The molecule has 154 valence electrons. The van der Waals surface area contributed by atoms with E-state index in [2.05, 4.69) is 10.6 Å². The molecule has 0 aliphatic carbocycles. The molecule has 0 spiro atoms. The van der Waals surface area contributed by atoms with E-state index < -0.39 is 35.0 Å². The number of carbonyl (C=O) groups is 3. The summed E-state index contributed by atoms with van der Waals surface area (Å²) in [6, 6.07) is 3.39. The van der Waals surface area contributed by atoms with Crippen LogP contribution in [0.15, 0.2) is 24.3 Å². The summed E-state index contributed by atoms with van der Waals surface area (Å²) >= 11 is 0. The zero-order valence-corrected chi connectivity index (χ0v) is 15.4. The van der Waals surface area contributed by atoms with Gasteiger partial charge >= 0.3 is 12.1 Å². The second-order valence-electron chi connectivity index (χ2n) is 6.05. The molecule has 0 fully saturated rings. The third-order valence-electron chi connectivity index (χ3n) is 3.80. The number of nitrogens with zero attached hydrogens (tertiary/aromatic N) is 1. The molecule has 28 heavy (non-hydrogen) atoms. The number of alkyl carbamates (subject to hydrolysis) is 1. The number of carboxylic acid groups (broad SMARTS) is 1. The highest BCUT2D eigenvalue weighted by atomic mass is 16.6. The maximum atomic E-state index is 12.2. The maximum absolute atomic E-state index is 12.2. The van der Waals surface area contributed by atoms with Crippen LogP contribution in [0, 0.1) is 10.1 Å². The lowest BCUT2D eigenvalue weighted by Gasteiger charge is -2.19. The maximum Gasteiger partial charge on any atom is 0.408 e. The van der Waals surface area contributed by atoms with Gasteiger partial charge in [0.15, 0.2) is 0 Å². The first-order valence-electron chi connectivity index (χ1n) is 8.64. The Balaban J connectivity index is 2.62. The van der Waals surface area contributed by atoms with Crippen molar-refractivity contribution in [1.29, 1.82) is 0 Å². The van der Waals surface area contributed by atoms with Crippen LogP contribution in [0.4, 0.5) is 10.5 Å². The summed E-state index contributed by atoms with van der Waals surface area (Å²) in [7, 11) is 0. The number of unbranched alkanes of at least 4 members (excludes halogenated alkanes) is 1. The Kier molecular flexibility index (Phi) is 9.37. The number of hydrogen-bond donors (Lipinski definition) is 4. The molecular formula is C17H24N4O7. The third-order valence-corrected chi connectivity index (χ3v) is 3.80. The fourth-order valence-corrected chi connectivity index (χ4v) is 2.18. The highest BCUT2D eigenvalue weighted by molar-refractivity contribution is 5.89. The van der Waals surface area contributed by atoms with Crippen molar-refractivity contribution in [2.24, 2.45) is 5.73 Å². The summed E-state index contributed by atoms with van der Waals surface area (Å²) in [5.41, 5.74) is 5.87. The Labute approximate surface area is 161 Å². The number of aliphatic carboxylic acids is 1. The van der Waals surface area contributed by atoms with Gasteiger partial charge in [-0.1, -0.05) is 0 Å². The van der Waals surface area contributed by atoms with Crippen molar-refractivity contribution >= 4 is 23.7 Å². The number of nitro benzene ring substituents is 1. The van der Waals surface area contributed by atoms with E-state index in [1.165, 1.54) is 31.2 Å². The quantitative estimate of drug-likeness (QED) is 0.242. The number of carboxylic acids is 1. The molecule has 0 saturated carbocycles. The smallest absolute Gasteiger partial charge is 0.408 e. The van der Waals surface area contributed by atoms with Crippen LogP contribution < -0.4 is 16.4 Å². The molecule has 0 aliphatic rings. The van der Waals surface area contributed by atoms with Gasteiger partial charge in [-0.3, -0.25) is 19.7 Å². The van der Waals surface area contributed by atoms with Gasteiger partial charge in [-0.05, 0) is 50.4 Å². The molecule has 1 aromatic rings. The van der Waals surface area contributed by atoms with Crippen LogP contribution in [0.5, 0.6) is 0 Å². The van der Waals surface area contributed by atoms with Crippen LogP contribution in [0.25, 0.3) is 0 Å². The summed E-state index contributed by atoms with van der Waals surface area (Å²) in [5, 5.41) is 24.2. The lowest BCUT2D eigenvalue weighted by molar-refractivity contribution is -0.384. The molecule has 0 saturated heterocycles. The first-order chi connectivity index (χ1) is 13.2. The first kappa shape index (κ1) is 22.8. The summed E-state index contributed by atoms with van der Waals surface area (Å²) < 4.78 is 5.03. The highest BCUT2D eigenvalue weighted by Crippen LogP contribution is 2.12. The lowest BCUT2D eigenvalue weighted by Crippen LogP contribution is -2.50. The fourth-order valence-electron chi connectivity index (χ4n) is 2.18. The van der Waals surface area contributed by atoms with E-state index in [1.807, 2.05) is 0 Å². The van der Waals surface area contributed by atoms with Gasteiger partial charge in [-0.25, -0.2) is 4.79 Å². The van der Waals surface area contributed by atoms with E-state index in [1.54, 1.807) is 0 Å². The minimum absolute atomic E-state index is 0.0857. The molecule has 0 aromatic heterocycles. The molecule has 2 atom stereocenters. The number of rotatable bonds is 11. The Bertz CT molecular complexity index is 693. The van der Waals surface area contributed by atoms with E-state index in [9.17, 15) is 24.5 Å². The Hall–Kier alpha value is -3.21. The van der Waals surface area contributed by atoms with Crippen molar-refractivity contribution in [3.8, 4) is 0 Å². The minimum Gasteiger partial charge on any atom is -0.480 e. The monoisotopic (exact) mass is 396 g/mol. The van der Waals surface area contributed by atoms with Crippen LogP contribution >= 0.6 is 0 Å². The van der Waals surface area contributed by atoms with Crippen LogP contribution in [0.1, 0.15) is 31.7 Å². The summed E-state index contributed by atoms with van der Waals surface area (Å²) in [6.07, 6.45) is 0.590. The van der Waals surface area contributed by atoms with Crippen molar-refractivity contribution in [3.05, 3.63) is 39.9 Å². The number of nitro groups is 1. The van der Waals surface area contributed by atoms with Gasteiger partial charge in [-0.2, -0.15) is 0 Å². The predicted molar refractivity (Wildman–Crippen MR) is 98.4 cm³/mol. The molecule has 11 heteroatoms. The molecule has 1 rings (SSSR count).